The number of hydrogen-bond donors (Lipinski definition) is 1. The van der Waals surface area contributed by atoms with E-state index in [4.69, 9.17) is 4.74 Å². The fraction of sp³-hybridized carbons (Fsp3) is 0.278. The van der Waals surface area contributed by atoms with Crippen LogP contribution < -0.4 is 9.84 Å². The molecular formula is C18H18NO6S2-. The number of methoxy groups -OCH3 is 1. The number of rotatable bonds is 6. The molecular weight excluding hydrogens is 390 g/mol. The van der Waals surface area contributed by atoms with Gasteiger partial charge in [-0.05, 0) is 42.7 Å². The van der Waals surface area contributed by atoms with Crippen LogP contribution in [0, 0.1) is 0 Å². The van der Waals surface area contributed by atoms with Gasteiger partial charge in [-0.3, -0.25) is 0 Å². The molecule has 7 nitrogen and oxygen atoms in total. The van der Waals surface area contributed by atoms with Crippen molar-refractivity contribution in [2.75, 3.05) is 20.2 Å². The van der Waals surface area contributed by atoms with Gasteiger partial charge in [0, 0.05) is 18.0 Å². The van der Waals surface area contributed by atoms with E-state index in [2.05, 4.69) is 0 Å². The molecule has 1 saturated heterocycles. The third-order valence-electron chi connectivity index (χ3n) is 4.24. The van der Waals surface area contributed by atoms with E-state index in [-0.39, 0.29) is 21.3 Å². The third kappa shape index (κ3) is 4.00. The lowest BCUT2D eigenvalue weighted by atomic mass is 10.1. The molecule has 0 aliphatic carbocycles. The summed E-state index contributed by atoms with van der Waals surface area (Å²) in [4.78, 5) is 12.0. The number of aliphatic carboxylic acids is 1. The number of thiophene rings is 1. The first-order valence-electron chi connectivity index (χ1n) is 8.23. The van der Waals surface area contributed by atoms with E-state index in [1.165, 1.54) is 41.8 Å². The van der Waals surface area contributed by atoms with Crippen molar-refractivity contribution in [1.29, 1.82) is 0 Å². The molecule has 1 N–H and O–H groups in total. The number of nitrogens with zero attached hydrogens (tertiary/aromatic N) is 1. The van der Waals surface area contributed by atoms with E-state index in [1.54, 1.807) is 6.07 Å². The van der Waals surface area contributed by atoms with Crippen molar-refractivity contribution in [3.63, 3.8) is 0 Å². The summed E-state index contributed by atoms with van der Waals surface area (Å²) in [6.07, 6.45) is 3.00. The molecule has 0 spiro atoms. The number of benzene rings is 1. The van der Waals surface area contributed by atoms with Gasteiger partial charge in [-0.1, -0.05) is 17.9 Å². The molecule has 0 amide bonds. The Morgan fingerprint density at radius 1 is 1.26 bits per heavy atom. The number of carbonyl (C=O) groups is 1. The van der Waals surface area contributed by atoms with E-state index in [1.807, 2.05) is 0 Å². The maximum atomic E-state index is 12.6. The Kier molecular flexibility index (Phi) is 5.54. The van der Waals surface area contributed by atoms with Crippen LogP contribution in [-0.2, 0) is 14.8 Å². The molecule has 1 aliphatic heterocycles. The number of ether oxygens (including phenoxy) is 1. The molecule has 0 saturated carbocycles. The van der Waals surface area contributed by atoms with Crippen molar-refractivity contribution < 1.29 is 28.2 Å². The van der Waals surface area contributed by atoms with Gasteiger partial charge in [0.25, 0.3) is 10.0 Å². The normalized spacial score (nSPS) is 15.8. The summed E-state index contributed by atoms with van der Waals surface area (Å²) in [6.45, 7) is 0.963. The molecule has 1 fully saturated rings. The predicted molar refractivity (Wildman–Crippen MR) is 100 cm³/mol. The Bertz CT molecular complexity index is 987. The first-order chi connectivity index (χ1) is 12.8. The molecule has 1 aromatic carbocycles. The maximum absolute atomic E-state index is 12.6. The minimum absolute atomic E-state index is 0.0764. The molecule has 9 heteroatoms. The molecule has 0 radical (unpaired) electrons. The van der Waals surface area contributed by atoms with Crippen molar-refractivity contribution >= 4 is 39.0 Å². The van der Waals surface area contributed by atoms with E-state index >= 15 is 0 Å². The number of carboxylic acids is 1. The van der Waals surface area contributed by atoms with Crippen molar-refractivity contribution in [3.8, 4) is 11.5 Å². The summed E-state index contributed by atoms with van der Waals surface area (Å²) >= 11 is 0.913. The smallest absolute Gasteiger partial charge is 0.337 e. The second kappa shape index (κ2) is 7.71. The van der Waals surface area contributed by atoms with Gasteiger partial charge in [-0.15, -0.1) is 11.3 Å². The standard InChI is InChI=1S/C18H19NO6S2/c1-25-15-5-4-12(11-14(15)20)10-13(18(21)22)16-6-7-17(26-16)27(23,24)19-8-2-3-9-19/h4-7,10-11,20H,2-3,8-9H2,1H3,(H,21,22)/p-1/b13-10-. The van der Waals surface area contributed by atoms with Crippen molar-refractivity contribution in [2.45, 2.75) is 17.1 Å². The van der Waals surface area contributed by atoms with Gasteiger partial charge in [-0.25, -0.2) is 13.2 Å². The van der Waals surface area contributed by atoms with Crippen LogP contribution in [0.25, 0.3) is 11.6 Å². The number of carboxylic acid groups (broad SMARTS) is 1. The Hall–Kier alpha value is -2.36. The van der Waals surface area contributed by atoms with Gasteiger partial charge in [0.1, 0.15) is 9.96 Å². The predicted octanol–water partition coefficient (Wildman–Crippen LogP) is 2.24. The Balaban J connectivity index is 1.96. The van der Waals surface area contributed by atoms with Gasteiger partial charge < -0.3 is 14.9 Å². The summed E-state index contributed by atoms with van der Waals surface area (Å²) in [5.41, 5.74) is 0.322. The van der Waals surface area contributed by atoms with Crippen molar-refractivity contribution in [1.82, 2.24) is 4.31 Å². The highest BCUT2D eigenvalue weighted by molar-refractivity contribution is 7.91. The molecule has 144 valence electrons. The Morgan fingerprint density at radius 3 is 2.56 bits per heavy atom. The zero-order chi connectivity index (χ0) is 19.6. The highest BCUT2D eigenvalue weighted by Crippen LogP contribution is 2.33. The average Bonchev–Trinajstić information content (AvgIpc) is 3.31. The zero-order valence-corrected chi connectivity index (χ0v) is 16.2. The van der Waals surface area contributed by atoms with Gasteiger partial charge in [0.2, 0.25) is 0 Å². The van der Waals surface area contributed by atoms with Crippen LogP contribution in [0.3, 0.4) is 0 Å². The molecule has 0 bridgehead atoms. The lowest BCUT2D eigenvalue weighted by molar-refractivity contribution is -0.270. The summed E-state index contributed by atoms with van der Waals surface area (Å²) in [5.74, 6) is -1.40. The van der Waals surface area contributed by atoms with Crippen molar-refractivity contribution in [3.05, 3.63) is 40.8 Å². The molecule has 0 unspecified atom stereocenters. The Labute approximate surface area is 161 Å². The molecule has 27 heavy (non-hydrogen) atoms. The molecule has 3 rings (SSSR count). The van der Waals surface area contributed by atoms with Crippen LogP contribution in [0.4, 0.5) is 0 Å². The van der Waals surface area contributed by atoms with Crippen LogP contribution in [-0.4, -0.2) is 44.0 Å². The van der Waals surface area contributed by atoms with E-state index in [0.717, 1.165) is 24.2 Å². The quantitative estimate of drug-likeness (QED) is 0.735. The summed E-state index contributed by atoms with van der Waals surface area (Å²) in [7, 11) is -2.22. The number of sulfonamides is 1. The van der Waals surface area contributed by atoms with Crippen LogP contribution in [0.15, 0.2) is 34.5 Å². The zero-order valence-electron chi connectivity index (χ0n) is 14.5. The second-order valence-corrected chi connectivity index (χ2v) is 9.25. The second-order valence-electron chi connectivity index (χ2n) is 6.00. The van der Waals surface area contributed by atoms with Crippen molar-refractivity contribution in [2.24, 2.45) is 0 Å². The molecule has 0 atom stereocenters. The van der Waals surface area contributed by atoms with Gasteiger partial charge in [0.15, 0.2) is 0 Å². The first-order valence-corrected chi connectivity index (χ1v) is 10.5. The monoisotopic (exact) mass is 408 g/mol. The van der Waals surface area contributed by atoms with E-state index in [0.29, 0.717) is 23.5 Å². The summed E-state index contributed by atoms with van der Waals surface area (Å²) < 4.78 is 31.7. The minimum atomic E-state index is -3.60. The molecule has 2 aromatic rings. The first kappa shape index (κ1) is 19.4. The average molecular weight is 408 g/mol. The lowest BCUT2D eigenvalue weighted by Gasteiger charge is -2.13. The highest BCUT2D eigenvalue weighted by atomic mass is 32.2. The summed E-state index contributed by atoms with van der Waals surface area (Å²) in [6, 6.07) is 7.22. The van der Waals surface area contributed by atoms with Gasteiger partial charge in [0.05, 0.1) is 12.7 Å². The highest BCUT2D eigenvalue weighted by Gasteiger charge is 2.29. The fourth-order valence-corrected chi connectivity index (χ4v) is 5.83. The lowest BCUT2D eigenvalue weighted by Crippen LogP contribution is -2.27. The molecule has 1 aliphatic rings. The Morgan fingerprint density at radius 2 is 1.96 bits per heavy atom. The molecule has 2 heterocycles. The fourth-order valence-electron chi connectivity index (χ4n) is 2.85. The van der Waals surface area contributed by atoms with E-state index in [9.17, 15) is 23.4 Å². The van der Waals surface area contributed by atoms with Gasteiger partial charge >= 0.3 is 5.97 Å². The summed E-state index contributed by atoms with van der Waals surface area (Å²) in [5, 5.41) is 21.4. The van der Waals surface area contributed by atoms with Crippen LogP contribution in [0.1, 0.15) is 23.3 Å². The van der Waals surface area contributed by atoms with Crippen LogP contribution in [0.5, 0.6) is 11.5 Å². The van der Waals surface area contributed by atoms with Crippen LogP contribution >= 0.6 is 11.3 Å². The molecule has 1 aromatic heterocycles. The third-order valence-corrected chi connectivity index (χ3v) is 7.72. The minimum Gasteiger partial charge on any atom is -0.870 e. The van der Waals surface area contributed by atoms with Crippen LogP contribution in [0.2, 0.25) is 0 Å². The SMILES string of the molecule is COc1ccc(/C=C(\C(=O)O)c2ccc(S(=O)(=O)N3CCCC3)s2)cc1[O-]. The largest absolute Gasteiger partial charge is 0.870 e. The topological polar surface area (TPSA) is 107 Å². The number of hydrogen-bond acceptors (Lipinski definition) is 6. The van der Waals surface area contributed by atoms with Gasteiger partial charge in [-0.2, -0.15) is 4.31 Å². The maximum Gasteiger partial charge on any atom is 0.337 e. The van der Waals surface area contributed by atoms with E-state index < -0.39 is 16.0 Å².